The minimum absolute atomic E-state index is 0.251. The molecule has 0 saturated heterocycles. The highest BCUT2D eigenvalue weighted by atomic mass is 79.9. The van der Waals surface area contributed by atoms with Gasteiger partial charge in [0.25, 0.3) is 0 Å². The lowest BCUT2D eigenvalue weighted by Gasteiger charge is -2.11. The minimum atomic E-state index is -4.70. The lowest BCUT2D eigenvalue weighted by Crippen LogP contribution is -2.17. The van der Waals surface area contributed by atoms with E-state index in [1.54, 1.807) is 24.4 Å². The Morgan fingerprint density at radius 2 is 2.00 bits per heavy atom. The van der Waals surface area contributed by atoms with E-state index < -0.39 is 6.36 Å². The highest BCUT2D eigenvalue weighted by Crippen LogP contribution is 2.31. The quantitative estimate of drug-likeness (QED) is 0.886. The Morgan fingerprint density at radius 1 is 1.19 bits per heavy atom. The van der Waals surface area contributed by atoms with Crippen molar-refractivity contribution in [2.24, 2.45) is 0 Å². The zero-order valence-electron chi connectivity index (χ0n) is 10.7. The molecule has 0 radical (unpaired) electrons. The molecule has 1 aromatic heterocycles. The van der Waals surface area contributed by atoms with Crippen LogP contribution in [0.5, 0.6) is 5.75 Å². The van der Waals surface area contributed by atoms with E-state index in [0.717, 1.165) is 11.3 Å². The lowest BCUT2D eigenvalue weighted by atomic mass is 10.2. The molecule has 2 rings (SSSR count). The summed E-state index contributed by atoms with van der Waals surface area (Å²) >= 11 is 3.06. The summed E-state index contributed by atoms with van der Waals surface area (Å²) in [4.78, 5) is 7.87. The lowest BCUT2D eigenvalue weighted by molar-refractivity contribution is -0.274. The van der Waals surface area contributed by atoms with Gasteiger partial charge >= 0.3 is 6.36 Å². The number of rotatable bonds is 5. The molecule has 0 fully saturated rings. The Kier molecular flexibility index (Phi) is 5.13. The molecule has 0 amide bonds. The summed E-state index contributed by atoms with van der Waals surface area (Å²) in [6.07, 6.45) is -1.60. The van der Waals surface area contributed by atoms with Gasteiger partial charge in [-0.15, -0.1) is 13.2 Å². The molecule has 1 N–H and O–H groups in total. The van der Waals surface area contributed by atoms with Gasteiger partial charge in [-0.25, -0.2) is 9.97 Å². The number of alkyl halides is 3. The maximum absolute atomic E-state index is 12.1. The van der Waals surface area contributed by atoms with E-state index in [1.807, 2.05) is 0 Å². The average Bonchev–Trinajstić information content (AvgIpc) is 2.42. The Labute approximate surface area is 127 Å². The van der Waals surface area contributed by atoms with E-state index >= 15 is 0 Å². The second-order valence-corrected chi connectivity index (χ2v) is 4.97. The predicted octanol–water partition coefficient (Wildman–Crippen LogP) is 3.43. The molecule has 0 saturated carbocycles. The van der Waals surface area contributed by atoms with Crippen molar-refractivity contribution in [1.29, 1.82) is 0 Å². The zero-order valence-corrected chi connectivity index (χ0v) is 12.3. The van der Waals surface area contributed by atoms with Gasteiger partial charge in [0.1, 0.15) is 12.1 Å². The van der Waals surface area contributed by atoms with Crippen molar-refractivity contribution in [1.82, 2.24) is 15.3 Å². The third kappa shape index (κ3) is 5.31. The van der Waals surface area contributed by atoms with Crippen LogP contribution in [0.25, 0.3) is 0 Å². The van der Waals surface area contributed by atoms with Gasteiger partial charge in [-0.3, -0.25) is 0 Å². The number of nitrogens with one attached hydrogen (secondary N) is 1. The molecule has 2 aromatic rings. The molecule has 0 aliphatic rings. The maximum atomic E-state index is 12.1. The molecule has 21 heavy (non-hydrogen) atoms. The van der Waals surface area contributed by atoms with Crippen molar-refractivity contribution >= 4 is 15.9 Å². The molecular weight excluding hydrogens is 351 g/mol. The maximum Gasteiger partial charge on any atom is 0.573 e. The van der Waals surface area contributed by atoms with Gasteiger partial charge in [-0.2, -0.15) is 0 Å². The smallest absolute Gasteiger partial charge is 0.405 e. The second-order valence-electron chi connectivity index (χ2n) is 4.12. The van der Waals surface area contributed by atoms with E-state index in [4.69, 9.17) is 0 Å². The van der Waals surface area contributed by atoms with Crippen LogP contribution in [-0.2, 0) is 13.1 Å². The van der Waals surface area contributed by atoms with Crippen LogP contribution < -0.4 is 10.1 Å². The Balaban J connectivity index is 1.91. The van der Waals surface area contributed by atoms with Gasteiger partial charge in [0.05, 0.1) is 10.2 Å². The van der Waals surface area contributed by atoms with Crippen LogP contribution in [0.3, 0.4) is 0 Å². The highest BCUT2D eigenvalue weighted by Gasteiger charge is 2.31. The number of aromatic nitrogens is 2. The Hall–Kier alpha value is -1.67. The van der Waals surface area contributed by atoms with Crippen molar-refractivity contribution in [3.8, 4) is 5.75 Å². The van der Waals surface area contributed by atoms with Crippen LogP contribution in [0.15, 0.2) is 41.3 Å². The first-order valence-corrected chi connectivity index (χ1v) is 6.73. The first-order chi connectivity index (χ1) is 9.94. The Morgan fingerprint density at radius 3 is 2.62 bits per heavy atom. The third-order valence-corrected chi connectivity index (χ3v) is 3.12. The van der Waals surface area contributed by atoms with Crippen LogP contribution in [0.4, 0.5) is 13.2 Å². The molecule has 4 nitrogen and oxygen atoms in total. The van der Waals surface area contributed by atoms with E-state index in [1.165, 1.54) is 12.4 Å². The van der Waals surface area contributed by atoms with Gasteiger partial charge in [0.15, 0.2) is 0 Å². The van der Waals surface area contributed by atoms with Crippen LogP contribution in [0.1, 0.15) is 11.3 Å². The summed E-state index contributed by atoms with van der Waals surface area (Å²) in [5, 5.41) is 3.14. The number of benzene rings is 1. The van der Waals surface area contributed by atoms with E-state index in [2.05, 4.69) is 36.0 Å². The Bertz CT molecular complexity index is 593. The first-order valence-electron chi connectivity index (χ1n) is 5.94. The van der Waals surface area contributed by atoms with Crippen molar-refractivity contribution in [2.45, 2.75) is 19.5 Å². The van der Waals surface area contributed by atoms with Crippen molar-refractivity contribution in [3.63, 3.8) is 0 Å². The molecule has 8 heteroatoms. The zero-order chi connectivity index (χ0) is 15.3. The van der Waals surface area contributed by atoms with E-state index in [0.29, 0.717) is 13.1 Å². The fourth-order valence-electron chi connectivity index (χ4n) is 1.62. The number of halogens is 4. The van der Waals surface area contributed by atoms with Gasteiger partial charge in [-0.05, 0) is 39.7 Å². The molecule has 0 bridgehead atoms. The SMILES string of the molecule is FC(F)(F)Oc1ccc(CNCc2ccncn2)cc1Br. The second kappa shape index (κ2) is 6.86. The normalized spacial score (nSPS) is 11.4. The van der Waals surface area contributed by atoms with Crippen molar-refractivity contribution in [3.05, 3.63) is 52.5 Å². The fraction of sp³-hybridized carbons (Fsp3) is 0.231. The average molecular weight is 362 g/mol. The number of hydrogen-bond acceptors (Lipinski definition) is 4. The summed E-state index contributed by atoms with van der Waals surface area (Å²) in [5.74, 6) is -0.262. The van der Waals surface area contributed by atoms with Gasteiger partial charge in [0.2, 0.25) is 0 Å². The number of nitrogens with zero attached hydrogens (tertiary/aromatic N) is 2. The molecule has 1 heterocycles. The monoisotopic (exact) mass is 361 g/mol. The molecule has 1 aromatic carbocycles. The number of hydrogen-bond donors (Lipinski definition) is 1. The summed E-state index contributed by atoms with van der Waals surface area (Å²) < 4.78 is 40.6. The topological polar surface area (TPSA) is 47.0 Å². The van der Waals surface area contributed by atoms with Gasteiger partial charge in [0, 0.05) is 19.3 Å². The van der Waals surface area contributed by atoms with Crippen LogP contribution in [0.2, 0.25) is 0 Å². The van der Waals surface area contributed by atoms with Gasteiger partial charge < -0.3 is 10.1 Å². The summed E-state index contributed by atoms with van der Waals surface area (Å²) in [7, 11) is 0. The van der Waals surface area contributed by atoms with Crippen molar-refractivity contribution < 1.29 is 17.9 Å². The van der Waals surface area contributed by atoms with Crippen LogP contribution >= 0.6 is 15.9 Å². The van der Waals surface area contributed by atoms with Crippen LogP contribution in [0, 0.1) is 0 Å². The molecule has 0 aliphatic heterocycles. The summed E-state index contributed by atoms with van der Waals surface area (Å²) in [6, 6.07) is 6.20. The largest absolute Gasteiger partial charge is 0.573 e. The first kappa shape index (κ1) is 15.7. The standard InChI is InChI=1S/C13H11BrF3N3O/c14-11-5-9(1-2-12(11)21-13(15,16)17)6-19-7-10-3-4-18-8-20-10/h1-5,8,19H,6-7H2. The van der Waals surface area contributed by atoms with Crippen LogP contribution in [-0.4, -0.2) is 16.3 Å². The predicted molar refractivity (Wildman–Crippen MR) is 73.4 cm³/mol. The summed E-state index contributed by atoms with van der Waals surface area (Å²) in [5.41, 5.74) is 1.66. The minimum Gasteiger partial charge on any atom is -0.405 e. The van der Waals surface area contributed by atoms with Gasteiger partial charge in [-0.1, -0.05) is 6.07 Å². The fourth-order valence-corrected chi connectivity index (χ4v) is 2.13. The van der Waals surface area contributed by atoms with E-state index in [9.17, 15) is 13.2 Å². The summed E-state index contributed by atoms with van der Waals surface area (Å²) in [6.45, 7) is 1.04. The van der Waals surface area contributed by atoms with E-state index in [-0.39, 0.29) is 10.2 Å². The molecule has 112 valence electrons. The highest BCUT2D eigenvalue weighted by molar-refractivity contribution is 9.10. The third-order valence-electron chi connectivity index (χ3n) is 2.50. The molecular formula is C13H11BrF3N3O. The molecule has 0 aliphatic carbocycles. The molecule has 0 unspecified atom stereocenters. The molecule has 0 spiro atoms. The molecule has 0 atom stereocenters. The van der Waals surface area contributed by atoms with Crippen molar-refractivity contribution in [2.75, 3.05) is 0 Å². The number of ether oxygens (including phenoxy) is 1.